The van der Waals surface area contributed by atoms with Gasteiger partial charge in [0, 0.05) is 6.42 Å². The zero-order chi connectivity index (χ0) is 12.8. The monoisotopic (exact) mass is 249 g/mol. The van der Waals surface area contributed by atoms with Crippen molar-refractivity contribution >= 4 is 11.9 Å². The number of hydrogen-bond donors (Lipinski definition) is 1. The molecule has 1 heterocycles. The summed E-state index contributed by atoms with van der Waals surface area (Å²) in [7, 11) is 0. The molecule has 1 fully saturated rings. The second-order valence-corrected chi connectivity index (χ2v) is 4.05. The lowest BCUT2D eigenvalue weighted by Crippen LogP contribution is -2.47. The standard InChI is InChI=1S/C13H15NO4/c15-12-6-7-17-9-11(12)14-13(16)18-8-10-4-2-1-3-5-10/h1-5,11H,6-9H2,(H,14,16)/t11-/m1/s1. The van der Waals surface area contributed by atoms with Crippen LogP contribution in [-0.4, -0.2) is 31.1 Å². The molecule has 1 saturated heterocycles. The maximum Gasteiger partial charge on any atom is 0.408 e. The van der Waals surface area contributed by atoms with Gasteiger partial charge in [-0.3, -0.25) is 4.79 Å². The highest BCUT2D eigenvalue weighted by atomic mass is 16.5. The van der Waals surface area contributed by atoms with E-state index in [0.29, 0.717) is 13.0 Å². The van der Waals surface area contributed by atoms with Gasteiger partial charge in [0.2, 0.25) is 0 Å². The quantitative estimate of drug-likeness (QED) is 0.876. The number of rotatable bonds is 3. The molecule has 0 saturated carbocycles. The Morgan fingerprint density at radius 1 is 1.39 bits per heavy atom. The maximum atomic E-state index is 11.5. The SMILES string of the molecule is O=C(N[C@@H]1COCCC1=O)OCc1ccccc1. The molecule has 5 heteroatoms. The molecule has 96 valence electrons. The third-order valence-corrected chi connectivity index (χ3v) is 2.67. The van der Waals surface area contributed by atoms with Gasteiger partial charge >= 0.3 is 6.09 Å². The number of amides is 1. The number of nitrogens with one attached hydrogen (secondary N) is 1. The van der Waals surface area contributed by atoms with Gasteiger partial charge < -0.3 is 14.8 Å². The molecule has 1 atom stereocenters. The third-order valence-electron chi connectivity index (χ3n) is 2.67. The molecule has 0 unspecified atom stereocenters. The molecule has 2 rings (SSSR count). The fraction of sp³-hybridized carbons (Fsp3) is 0.385. The Labute approximate surface area is 105 Å². The molecular weight excluding hydrogens is 234 g/mol. The van der Waals surface area contributed by atoms with Gasteiger partial charge in [-0.1, -0.05) is 30.3 Å². The lowest BCUT2D eigenvalue weighted by atomic mass is 10.1. The van der Waals surface area contributed by atoms with E-state index in [4.69, 9.17) is 9.47 Å². The van der Waals surface area contributed by atoms with Crippen molar-refractivity contribution < 1.29 is 19.1 Å². The van der Waals surface area contributed by atoms with Gasteiger partial charge in [0.1, 0.15) is 12.6 Å². The minimum Gasteiger partial charge on any atom is -0.445 e. The predicted octanol–water partition coefficient (Wildman–Crippen LogP) is 1.27. The Morgan fingerprint density at radius 3 is 2.89 bits per heavy atom. The van der Waals surface area contributed by atoms with E-state index >= 15 is 0 Å². The summed E-state index contributed by atoms with van der Waals surface area (Å²) in [6.45, 7) is 0.837. The van der Waals surface area contributed by atoms with E-state index in [-0.39, 0.29) is 19.0 Å². The molecule has 18 heavy (non-hydrogen) atoms. The average Bonchev–Trinajstić information content (AvgIpc) is 2.40. The first-order valence-corrected chi connectivity index (χ1v) is 5.83. The smallest absolute Gasteiger partial charge is 0.408 e. The van der Waals surface area contributed by atoms with Crippen LogP contribution in [0.1, 0.15) is 12.0 Å². The van der Waals surface area contributed by atoms with E-state index in [2.05, 4.69) is 5.32 Å². The first-order chi connectivity index (χ1) is 8.75. The third kappa shape index (κ3) is 3.56. The number of Topliss-reactive ketones (excluding diaryl/α,β-unsaturated/α-hetero) is 1. The van der Waals surface area contributed by atoms with Gasteiger partial charge in [0.15, 0.2) is 5.78 Å². The Balaban J connectivity index is 1.76. The second kappa shape index (κ2) is 6.16. The average molecular weight is 249 g/mol. The summed E-state index contributed by atoms with van der Waals surface area (Å²) in [6.07, 6.45) is -0.258. The van der Waals surface area contributed by atoms with Crippen LogP contribution in [0.4, 0.5) is 4.79 Å². The number of hydrogen-bond acceptors (Lipinski definition) is 4. The van der Waals surface area contributed by atoms with Gasteiger partial charge in [-0.05, 0) is 5.56 Å². The number of benzene rings is 1. The van der Waals surface area contributed by atoms with Crippen molar-refractivity contribution in [3.05, 3.63) is 35.9 Å². The highest BCUT2D eigenvalue weighted by molar-refractivity contribution is 5.88. The van der Waals surface area contributed by atoms with Crippen LogP contribution < -0.4 is 5.32 Å². The lowest BCUT2D eigenvalue weighted by molar-refractivity contribution is -0.127. The predicted molar refractivity (Wildman–Crippen MR) is 64.0 cm³/mol. The number of alkyl carbamates (subject to hydrolysis) is 1. The van der Waals surface area contributed by atoms with Crippen LogP contribution in [0.25, 0.3) is 0 Å². The molecule has 1 aromatic carbocycles. The van der Waals surface area contributed by atoms with E-state index in [1.54, 1.807) is 0 Å². The fourth-order valence-corrected chi connectivity index (χ4v) is 1.67. The van der Waals surface area contributed by atoms with Gasteiger partial charge in [0.25, 0.3) is 0 Å². The van der Waals surface area contributed by atoms with Gasteiger partial charge in [-0.25, -0.2) is 4.79 Å². The molecule has 1 aromatic rings. The first-order valence-electron chi connectivity index (χ1n) is 5.83. The van der Waals surface area contributed by atoms with Crippen LogP contribution in [0, 0.1) is 0 Å². The summed E-state index contributed by atoms with van der Waals surface area (Å²) in [5, 5.41) is 2.50. The summed E-state index contributed by atoms with van der Waals surface area (Å²) in [5.41, 5.74) is 0.902. The van der Waals surface area contributed by atoms with Crippen molar-refractivity contribution in [1.29, 1.82) is 0 Å². The largest absolute Gasteiger partial charge is 0.445 e. The lowest BCUT2D eigenvalue weighted by Gasteiger charge is -2.21. The van der Waals surface area contributed by atoms with Crippen molar-refractivity contribution in [1.82, 2.24) is 5.32 Å². The molecule has 0 aromatic heterocycles. The van der Waals surface area contributed by atoms with Gasteiger partial charge in [-0.15, -0.1) is 0 Å². The summed E-state index contributed by atoms with van der Waals surface area (Å²) in [6, 6.07) is 8.78. The second-order valence-electron chi connectivity index (χ2n) is 4.05. The van der Waals surface area contributed by atoms with Crippen LogP contribution in [0.3, 0.4) is 0 Å². The van der Waals surface area contributed by atoms with Crippen molar-refractivity contribution in [3.63, 3.8) is 0 Å². The van der Waals surface area contributed by atoms with E-state index in [9.17, 15) is 9.59 Å². The molecule has 1 aliphatic heterocycles. The number of carbonyl (C=O) groups is 2. The maximum absolute atomic E-state index is 11.5. The number of ether oxygens (including phenoxy) is 2. The van der Waals surface area contributed by atoms with Gasteiger partial charge in [0.05, 0.1) is 13.2 Å². The Bertz CT molecular complexity index is 418. The van der Waals surface area contributed by atoms with Crippen molar-refractivity contribution in [2.75, 3.05) is 13.2 Å². The van der Waals surface area contributed by atoms with Crippen molar-refractivity contribution in [3.8, 4) is 0 Å². The molecule has 0 aliphatic carbocycles. The Morgan fingerprint density at radius 2 is 2.17 bits per heavy atom. The van der Waals surface area contributed by atoms with E-state index < -0.39 is 12.1 Å². The Hall–Kier alpha value is -1.88. The van der Waals surface area contributed by atoms with Crippen molar-refractivity contribution in [2.45, 2.75) is 19.1 Å². The van der Waals surface area contributed by atoms with Crippen LogP contribution >= 0.6 is 0 Å². The van der Waals surface area contributed by atoms with Crippen LogP contribution in [0.2, 0.25) is 0 Å². The first kappa shape index (κ1) is 12.6. The van der Waals surface area contributed by atoms with E-state index in [1.165, 1.54) is 0 Å². The zero-order valence-corrected chi connectivity index (χ0v) is 9.93. The highest BCUT2D eigenvalue weighted by Gasteiger charge is 2.24. The molecular formula is C13H15NO4. The van der Waals surface area contributed by atoms with Crippen LogP contribution in [-0.2, 0) is 20.9 Å². The minimum atomic E-state index is -0.595. The summed E-state index contributed by atoms with van der Waals surface area (Å²) in [4.78, 5) is 22.9. The molecule has 1 amide bonds. The van der Waals surface area contributed by atoms with Crippen LogP contribution in [0.15, 0.2) is 30.3 Å². The van der Waals surface area contributed by atoms with E-state index in [0.717, 1.165) is 5.56 Å². The molecule has 5 nitrogen and oxygen atoms in total. The molecule has 1 aliphatic rings. The number of ketones is 1. The van der Waals surface area contributed by atoms with Crippen LogP contribution in [0.5, 0.6) is 0 Å². The topological polar surface area (TPSA) is 64.6 Å². The molecule has 0 spiro atoms. The van der Waals surface area contributed by atoms with E-state index in [1.807, 2.05) is 30.3 Å². The number of carbonyl (C=O) groups excluding carboxylic acids is 2. The Kier molecular flexibility index (Phi) is 4.30. The van der Waals surface area contributed by atoms with Crippen molar-refractivity contribution in [2.24, 2.45) is 0 Å². The van der Waals surface area contributed by atoms with Gasteiger partial charge in [-0.2, -0.15) is 0 Å². The highest BCUT2D eigenvalue weighted by Crippen LogP contribution is 2.04. The summed E-state index contributed by atoms with van der Waals surface area (Å²) < 4.78 is 10.1. The molecule has 1 N–H and O–H groups in total. The molecule has 0 bridgehead atoms. The fourth-order valence-electron chi connectivity index (χ4n) is 1.67. The zero-order valence-electron chi connectivity index (χ0n) is 9.93. The molecule has 0 radical (unpaired) electrons. The summed E-state index contributed by atoms with van der Waals surface area (Å²) >= 11 is 0. The minimum absolute atomic E-state index is 0.0158. The normalized spacial score (nSPS) is 19.3. The summed E-state index contributed by atoms with van der Waals surface area (Å²) in [5.74, 6) is -0.0158.